The van der Waals surface area contributed by atoms with Crippen molar-refractivity contribution in [2.45, 2.75) is 89.1 Å². The Morgan fingerprint density at radius 3 is 1.57 bits per heavy atom. The van der Waals surface area contributed by atoms with E-state index in [1.54, 1.807) is 0 Å². The third kappa shape index (κ3) is 2.82. The third-order valence-electron chi connectivity index (χ3n) is 5.74. The second-order valence-corrected chi connectivity index (χ2v) is 7.18. The minimum Gasteiger partial charge on any atom is -0.480 e. The second kappa shape index (κ2) is 5.98. The number of amides is 1. The number of carboxylic acid groups (broad SMARTS) is 1. The normalized spacial score (nSPS) is 26.3. The van der Waals surface area contributed by atoms with Crippen molar-refractivity contribution in [3.05, 3.63) is 0 Å². The van der Waals surface area contributed by atoms with Gasteiger partial charge in [-0.3, -0.25) is 9.59 Å². The van der Waals surface area contributed by atoms with Crippen LogP contribution in [0.1, 0.15) is 77.0 Å². The highest BCUT2D eigenvalue weighted by Gasteiger charge is 2.59. The van der Waals surface area contributed by atoms with Gasteiger partial charge in [-0.05, 0) is 38.5 Å². The van der Waals surface area contributed by atoms with Crippen molar-refractivity contribution in [1.82, 2.24) is 4.90 Å². The van der Waals surface area contributed by atoms with E-state index in [2.05, 4.69) is 4.90 Å². The van der Waals surface area contributed by atoms with Gasteiger partial charge in [0.05, 0.1) is 0 Å². The van der Waals surface area contributed by atoms with Crippen LogP contribution in [0.2, 0.25) is 0 Å². The minimum absolute atomic E-state index is 0.0613. The van der Waals surface area contributed by atoms with E-state index >= 15 is 0 Å². The molecule has 0 spiro atoms. The molecule has 0 unspecified atom stereocenters. The van der Waals surface area contributed by atoms with Crippen LogP contribution < -0.4 is 0 Å². The van der Waals surface area contributed by atoms with Gasteiger partial charge in [0.15, 0.2) is 0 Å². The molecule has 0 aromatic heterocycles. The minimum atomic E-state index is -1.06. The Bertz CT molecular complexity index is 386. The Labute approximate surface area is 126 Å². The van der Waals surface area contributed by atoms with Crippen LogP contribution in [0.15, 0.2) is 0 Å². The number of hydrogen-bond donors (Lipinski definition) is 1. The summed E-state index contributed by atoms with van der Waals surface area (Å²) < 4.78 is 0. The van der Waals surface area contributed by atoms with Crippen molar-refractivity contribution in [1.29, 1.82) is 0 Å². The van der Waals surface area contributed by atoms with E-state index in [-0.39, 0.29) is 5.91 Å². The Morgan fingerprint density at radius 2 is 1.24 bits per heavy atom. The smallest absolute Gasteiger partial charge is 0.319 e. The molecule has 1 N–H and O–H groups in total. The van der Waals surface area contributed by atoms with Crippen LogP contribution in [-0.4, -0.2) is 34.0 Å². The first kappa shape index (κ1) is 14.9. The van der Waals surface area contributed by atoms with E-state index in [1.165, 1.54) is 38.5 Å². The molecule has 4 nitrogen and oxygen atoms in total. The first-order valence-electron chi connectivity index (χ1n) is 8.71. The van der Waals surface area contributed by atoms with E-state index < -0.39 is 11.4 Å². The fraction of sp³-hybridized carbons (Fsp3) is 0.882. The van der Waals surface area contributed by atoms with Crippen LogP contribution in [0, 0.1) is 5.41 Å². The van der Waals surface area contributed by atoms with Crippen molar-refractivity contribution >= 4 is 11.9 Å². The molecule has 3 fully saturated rings. The summed E-state index contributed by atoms with van der Waals surface area (Å²) in [6.07, 6.45) is 12.6. The van der Waals surface area contributed by atoms with Crippen LogP contribution in [0.25, 0.3) is 0 Å². The largest absolute Gasteiger partial charge is 0.480 e. The Balaban J connectivity index is 1.80. The average molecular weight is 293 g/mol. The number of hydrogen-bond acceptors (Lipinski definition) is 2. The molecule has 0 heterocycles. The maximum Gasteiger partial charge on any atom is 0.319 e. The standard InChI is InChI=1S/C17H27NO3/c19-15(17(11-12-17)16(20)21)18(13-7-3-1-4-8-13)14-9-5-2-6-10-14/h13-14H,1-12H2,(H,20,21). The molecule has 0 aromatic carbocycles. The molecule has 3 aliphatic carbocycles. The van der Waals surface area contributed by atoms with Crippen molar-refractivity contribution < 1.29 is 14.7 Å². The lowest BCUT2D eigenvalue weighted by atomic mass is 9.87. The second-order valence-electron chi connectivity index (χ2n) is 7.18. The lowest BCUT2D eigenvalue weighted by Crippen LogP contribution is -2.53. The quantitative estimate of drug-likeness (QED) is 0.809. The first-order chi connectivity index (χ1) is 10.1. The Hall–Kier alpha value is -1.06. The molecule has 0 saturated heterocycles. The fourth-order valence-corrected chi connectivity index (χ4v) is 4.24. The van der Waals surface area contributed by atoms with Gasteiger partial charge in [0.25, 0.3) is 0 Å². The molecule has 0 radical (unpaired) electrons. The van der Waals surface area contributed by atoms with Crippen molar-refractivity contribution in [3.63, 3.8) is 0 Å². The van der Waals surface area contributed by atoms with E-state index in [4.69, 9.17) is 0 Å². The van der Waals surface area contributed by atoms with Gasteiger partial charge < -0.3 is 10.0 Å². The molecule has 118 valence electrons. The van der Waals surface area contributed by atoms with Crippen molar-refractivity contribution in [2.75, 3.05) is 0 Å². The molecule has 0 aromatic rings. The summed E-state index contributed by atoms with van der Waals surface area (Å²) in [6.45, 7) is 0. The fourth-order valence-electron chi connectivity index (χ4n) is 4.24. The lowest BCUT2D eigenvalue weighted by molar-refractivity contribution is -0.157. The molecule has 0 aliphatic heterocycles. The summed E-state index contributed by atoms with van der Waals surface area (Å²) in [7, 11) is 0. The highest BCUT2D eigenvalue weighted by atomic mass is 16.4. The number of rotatable bonds is 4. The summed E-state index contributed by atoms with van der Waals surface area (Å²) >= 11 is 0. The van der Waals surface area contributed by atoms with Gasteiger partial charge in [-0.25, -0.2) is 0 Å². The molecule has 3 rings (SSSR count). The number of carbonyl (C=O) groups excluding carboxylic acids is 1. The molecular formula is C17H27NO3. The van der Waals surface area contributed by atoms with E-state index in [9.17, 15) is 14.7 Å². The molecule has 1 amide bonds. The number of carbonyl (C=O) groups is 2. The zero-order valence-electron chi connectivity index (χ0n) is 12.9. The van der Waals surface area contributed by atoms with Crippen molar-refractivity contribution in [3.8, 4) is 0 Å². The molecule has 3 aliphatic rings. The van der Waals surface area contributed by atoms with E-state index in [0.29, 0.717) is 24.9 Å². The number of nitrogens with zero attached hydrogens (tertiary/aromatic N) is 1. The predicted octanol–water partition coefficient (Wildman–Crippen LogP) is 3.35. The molecule has 0 atom stereocenters. The molecule has 0 bridgehead atoms. The van der Waals surface area contributed by atoms with Crippen LogP contribution in [0.5, 0.6) is 0 Å². The lowest BCUT2D eigenvalue weighted by Gasteiger charge is -2.43. The van der Waals surface area contributed by atoms with Gasteiger partial charge in [0.2, 0.25) is 5.91 Å². The summed E-state index contributed by atoms with van der Waals surface area (Å²) in [4.78, 5) is 26.6. The molecule has 4 heteroatoms. The van der Waals surface area contributed by atoms with Gasteiger partial charge in [0, 0.05) is 12.1 Å². The van der Waals surface area contributed by atoms with Crippen LogP contribution in [0.3, 0.4) is 0 Å². The molecule has 21 heavy (non-hydrogen) atoms. The SMILES string of the molecule is O=C(O)C1(C(=O)N(C2CCCCC2)C2CCCCC2)CC1. The summed E-state index contributed by atoms with van der Waals surface area (Å²) in [5.41, 5.74) is -1.06. The molecule has 3 saturated carbocycles. The first-order valence-corrected chi connectivity index (χ1v) is 8.71. The summed E-state index contributed by atoms with van der Waals surface area (Å²) in [5, 5.41) is 9.47. The number of aliphatic carboxylic acids is 1. The number of carboxylic acids is 1. The maximum atomic E-state index is 13.0. The zero-order chi connectivity index (χ0) is 14.9. The van der Waals surface area contributed by atoms with E-state index in [0.717, 1.165) is 25.7 Å². The highest BCUT2D eigenvalue weighted by Crippen LogP contribution is 2.49. The zero-order valence-corrected chi connectivity index (χ0v) is 12.9. The van der Waals surface area contributed by atoms with Crippen LogP contribution in [0.4, 0.5) is 0 Å². The van der Waals surface area contributed by atoms with Gasteiger partial charge in [-0.2, -0.15) is 0 Å². The monoisotopic (exact) mass is 293 g/mol. The third-order valence-corrected chi connectivity index (χ3v) is 5.74. The Kier molecular flexibility index (Phi) is 4.23. The van der Waals surface area contributed by atoms with Gasteiger partial charge in [-0.1, -0.05) is 38.5 Å². The average Bonchev–Trinajstić information content (AvgIpc) is 3.31. The van der Waals surface area contributed by atoms with Gasteiger partial charge in [-0.15, -0.1) is 0 Å². The maximum absolute atomic E-state index is 13.0. The molecular weight excluding hydrogens is 266 g/mol. The predicted molar refractivity (Wildman–Crippen MR) is 79.9 cm³/mol. The van der Waals surface area contributed by atoms with Crippen LogP contribution in [-0.2, 0) is 9.59 Å². The van der Waals surface area contributed by atoms with Crippen molar-refractivity contribution in [2.24, 2.45) is 5.41 Å². The highest BCUT2D eigenvalue weighted by molar-refractivity contribution is 6.05. The van der Waals surface area contributed by atoms with E-state index in [1.807, 2.05) is 0 Å². The summed E-state index contributed by atoms with van der Waals surface area (Å²) in [6, 6.07) is 0.595. The topological polar surface area (TPSA) is 57.6 Å². The van der Waals surface area contributed by atoms with Gasteiger partial charge in [0.1, 0.15) is 5.41 Å². The Morgan fingerprint density at radius 1 is 0.810 bits per heavy atom. The van der Waals surface area contributed by atoms with Crippen LogP contribution >= 0.6 is 0 Å². The summed E-state index contributed by atoms with van der Waals surface area (Å²) in [5.74, 6) is -0.960. The van der Waals surface area contributed by atoms with Gasteiger partial charge >= 0.3 is 5.97 Å².